The summed E-state index contributed by atoms with van der Waals surface area (Å²) in [5.74, 6) is 0. The van der Waals surface area contributed by atoms with E-state index in [1.54, 1.807) is 0 Å². The maximum Gasteiger partial charge on any atom is 0.0964 e. The molecule has 1 atom stereocenters. The minimum atomic E-state index is -0.503. The van der Waals surface area contributed by atoms with E-state index in [0.29, 0.717) is 13.1 Å². The molecule has 0 saturated carbocycles. The summed E-state index contributed by atoms with van der Waals surface area (Å²) < 4.78 is 0. The van der Waals surface area contributed by atoms with E-state index in [4.69, 9.17) is 5.73 Å². The van der Waals surface area contributed by atoms with Gasteiger partial charge in [-0.05, 0) is 23.3 Å². The van der Waals surface area contributed by atoms with E-state index in [0.717, 1.165) is 16.8 Å². The molecule has 0 fully saturated rings. The number of aliphatic hydroxyl groups is 1. The normalized spacial score (nSPS) is 12.2. The molecule has 0 aliphatic heterocycles. The van der Waals surface area contributed by atoms with Crippen LogP contribution in [0.3, 0.4) is 0 Å². The zero-order valence-electron chi connectivity index (χ0n) is 11.2. The first-order valence-corrected chi connectivity index (χ1v) is 6.44. The van der Waals surface area contributed by atoms with Gasteiger partial charge in [-0.25, -0.2) is 0 Å². The molecule has 0 radical (unpaired) electrons. The van der Waals surface area contributed by atoms with Crippen LogP contribution in [-0.4, -0.2) is 18.7 Å². The Balaban J connectivity index is 2.02. The molecular formula is C16H20N2O. The number of anilines is 1. The molecule has 2 rings (SSSR count). The Hall–Kier alpha value is -1.84. The van der Waals surface area contributed by atoms with E-state index in [9.17, 15) is 5.11 Å². The van der Waals surface area contributed by atoms with Crippen molar-refractivity contribution in [1.82, 2.24) is 0 Å². The lowest BCUT2D eigenvalue weighted by Gasteiger charge is -2.23. The van der Waals surface area contributed by atoms with E-state index >= 15 is 0 Å². The van der Waals surface area contributed by atoms with Gasteiger partial charge < -0.3 is 15.7 Å². The summed E-state index contributed by atoms with van der Waals surface area (Å²) in [7, 11) is 1.98. The average molecular weight is 256 g/mol. The summed E-state index contributed by atoms with van der Waals surface area (Å²) in [5, 5.41) is 10.2. The first-order chi connectivity index (χ1) is 9.20. The lowest BCUT2D eigenvalue weighted by Crippen LogP contribution is -2.24. The molecule has 3 N–H and O–H groups in total. The zero-order chi connectivity index (χ0) is 13.7. The van der Waals surface area contributed by atoms with Gasteiger partial charge in [0.15, 0.2) is 0 Å². The highest BCUT2D eigenvalue weighted by atomic mass is 16.3. The van der Waals surface area contributed by atoms with Crippen LogP contribution in [0.2, 0.25) is 0 Å². The molecule has 100 valence electrons. The highest BCUT2D eigenvalue weighted by Crippen LogP contribution is 2.18. The highest BCUT2D eigenvalue weighted by molar-refractivity contribution is 5.45. The molecule has 1 unspecified atom stereocenters. The number of likely N-dealkylation sites (N-methyl/N-ethyl adjacent to an activating group) is 1. The molecule has 0 aliphatic rings. The number of para-hydroxylation sites is 1. The average Bonchev–Trinajstić information content (AvgIpc) is 2.48. The maximum atomic E-state index is 10.2. The van der Waals surface area contributed by atoms with E-state index < -0.39 is 6.10 Å². The van der Waals surface area contributed by atoms with E-state index in [1.807, 2.05) is 66.5 Å². The number of hydrogen-bond donors (Lipinski definition) is 2. The third kappa shape index (κ3) is 3.56. The van der Waals surface area contributed by atoms with E-state index in [1.165, 1.54) is 0 Å². The van der Waals surface area contributed by atoms with Crippen molar-refractivity contribution in [3.8, 4) is 0 Å². The Labute approximate surface area is 114 Å². The van der Waals surface area contributed by atoms with Crippen molar-refractivity contribution in [2.75, 3.05) is 18.5 Å². The van der Waals surface area contributed by atoms with Gasteiger partial charge in [0.05, 0.1) is 6.10 Å². The third-order valence-electron chi connectivity index (χ3n) is 3.24. The number of nitrogens with two attached hydrogens (primary N) is 1. The van der Waals surface area contributed by atoms with Crippen LogP contribution < -0.4 is 10.6 Å². The van der Waals surface area contributed by atoms with E-state index in [2.05, 4.69) is 0 Å². The Bertz CT molecular complexity index is 496. The molecule has 0 amide bonds. The van der Waals surface area contributed by atoms with Crippen molar-refractivity contribution in [3.05, 3.63) is 65.7 Å². The quantitative estimate of drug-likeness (QED) is 0.863. The predicted molar refractivity (Wildman–Crippen MR) is 79.0 cm³/mol. The van der Waals surface area contributed by atoms with E-state index in [-0.39, 0.29) is 0 Å². The number of nitrogens with zero attached hydrogens (tertiary/aromatic N) is 1. The molecule has 3 heteroatoms. The van der Waals surface area contributed by atoms with Gasteiger partial charge in [0.25, 0.3) is 0 Å². The van der Waals surface area contributed by atoms with Crippen molar-refractivity contribution >= 4 is 5.69 Å². The molecule has 19 heavy (non-hydrogen) atoms. The van der Waals surface area contributed by atoms with Crippen LogP contribution in [0.1, 0.15) is 17.2 Å². The van der Waals surface area contributed by atoms with Gasteiger partial charge in [-0.3, -0.25) is 0 Å². The van der Waals surface area contributed by atoms with Crippen LogP contribution in [0.15, 0.2) is 54.6 Å². The third-order valence-corrected chi connectivity index (χ3v) is 3.24. The van der Waals surface area contributed by atoms with Crippen molar-refractivity contribution in [1.29, 1.82) is 0 Å². The maximum absolute atomic E-state index is 10.2. The van der Waals surface area contributed by atoms with Crippen LogP contribution in [-0.2, 0) is 6.54 Å². The summed E-state index contributed by atoms with van der Waals surface area (Å²) >= 11 is 0. The van der Waals surface area contributed by atoms with Gasteiger partial charge in [0.2, 0.25) is 0 Å². The summed E-state index contributed by atoms with van der Waals surface area (Å²) in [4.78, 5) is 2.04. The monoisotopic (exact) mass is 256 g/mol. The molecule has 0 saturated heterocycles. The smallest absolute Gasteiger partial charge is 0.0964 e. The van der Waals surface area contributed by atoms with Crippen LogP contribution in [0.25, 0.3) is 0 Å². The van der Waals surface area contributed by atoms with Gasteiger partial charge in [-0.2, -0.15) is 0 Å². The van der Waals surface area contributed by atoms with Crippen LogP contribution in [0, 0.1) is 0 Å². The van der Waals surface area contributed by atoms with Crippen molar-refractivity contribution < 1.29 is 5.11 Å². The summed E-state index contributed by atoms with van der Waals surface area (Å²) in [6.45, 7) is 1.09. The summed E-state index contributed by atoms with van der Waals surface area (Å²) in [6, 6.07) is 17.8. The van der Waals surface area contributed by atoms with Gasteiger partial charge >= 0.3 is 0 Å². The fraction of sp³-hybridized carbons (Fsp3) is 0.250. The molecule has 2 aromatic carbocycles. The highest BCUT2D eigenvalue weighted by Gasteiger charge is 2.10. The second kappa shape index (κ2) is 6.36. The molecule has 3 nitrogen and oxygen atoms in total. The summed E-state index contributed by atoms with van der Waals surface area (Å²) in [5.41, 5.74) is 8.65. The Morgan fingerprint density at radius 2 is 1.68 bits per heavy atom. The standard InChI is InChI=1S/C16H20N2O/c1-18(15-5-3-2-4-6-15)12-16(19)14-9-7-13(11-17)8-10-14/h2-10,16,19H,11-12,17H2,1H3. The number of hydrogen-bond acceptors (Lipinski definition) is 3. The fourth-order valence-corrected chi connectivity index (χ4v) is 2.03. The van der Waals surface area contributed by atoms with Gasteiger partial charge in [0.1, 0.15) is 0 Å². The van der Waals surface area contributed by atoms with Gasteiger partial charge in [-0.1, -0.05) is 42.5 Å². The first-order valence-electron chi connectivity index (χ1n) is 6.44. The SMILES string of the molecule is CN(CC(O)c1ccc(CN)cc1)c1ccccc1. The Kier molecular flexibility index (Phi) is 4.55. The first kappa shape index (κ1) is 13.6. The van der Waals surface area contributed by atoms with Crippen molar-refractivity contribution in [2.45, 2.75) is 12.6 Å². The predicted octanol–water partition coefficient (Wildman–Crippen LogP) is 2.32. The number of aliphatic hydroxyl groups excluding tert-OH is 1. The number of rotatable bonds is 5. The minimum absolute atomic E-state index is 0.503. The molecular weight excluding hydrogens is 236 g/mol. The molecule has 0 bridgehead atoms. The molecule has 0 aromatic heterocycles. The van der Waals surface area contributed by atoms with Crippen LogP contribution in [0.4, 0.5) is 5.69 Å². The second-order valence-electron chi connectivity index (χ2n) is 4.68. The van der Waals surface area contributed by atoms with Crippen LogP contribution >= 0.6 is 0 Å². The molecule has 0 heterocycles. The molecule has 0 aliphatic carbocycles. The number of benzene rings is 2. The summed E-state index contributed by atoms with van der Waals surface area (Å²) in [6.07, 6.45) is -0.503. The largest absolute Gasteiger partial charge is 0.387 e. The van der Waals surface area contributed by atoms with Crippen molar-refractivity contribution in [3.63, 3.8) is 0 Å². The minimum Gasteiger partial charge on any atom is -0.387 e. The second-order valence-corrected chi connectivity index (χ2v) is 4.68. The lowest BCUT2D eigenvalue weighted by atomic mass is 10.1. The van der Waals surface area contributed by atoms with Gasteiger partial charge in [-0.15, -0.1) is 0 Å². The molecule has 2 aromatic rings. The van der Waals surface area contributed by atoms with Gasteiger partial charge in [0, 0.05) is 25.8 Å². The Morgan fingerprint density at radius 1 is 1.05 bits per heavy atom. The molecule has 0 spiro atoms. The zero-order valence-corrected chi connectivity index (χ0v) is 11.2. The Morgan fingerprint density at radius 3 is 2.26 bits per heavy atom. The van der Waals surface area contributed by atoms with Crippen LogP contribution in [0.5, 0.6) is 0 Å². The fourth-order valence-electron chi connectivity index (χ4n) is 2.03. The lowest BCUT2D eigenvalue weighted by molar-refractivity contribution is 0.185. The topological polar surface area (TPSA) is 49.5 Å². The van der Waals surface area contributed by atoms with Crippen molar-refractivity contribution in [2.24, 2.45) is 5.73 Å².